The Morgan fingerprint density at radius 2 is 1.81 bits per heavy atom. The standard InChI is InChI=1S/C19H18ClFN2O3S/c20-14-5-3-6-15(8-14)23-18-12-27(25,26)11-17(18)22(10-19(23)24)9-13-4-1-2-7-16(13)21/h1-8,17-18H,9-12H2/t17-,18+/m0/s1. The minimum absolute atomic E-state index is 0.0253. The predicted octanol–water partition coefficient (Wildman–Crippen LogP) is 2.49. The molecule has 0 radical (unpaired) electrons. The Labute approximate surface area is 162 Å². The van der Waals surface area contributed by atoms with E-state index in [-0.39, 0.29) is 42.4 Å². The Bertz CT molecular complexity index is 998. The van der Waals surface area contributed by atoms with Gasteiger partial charge in [0, 0.05) is 28.9 Å². The quantitative estimate of drug-likeness (QED) is 0.783. The second kappa shape index (κ2) is 6.89. The Morgan fingerprint density at radius 3 is 2.56 bits per heavy atom. The highest BCUT2D eigenvalue weighted by atomic mass is 35.5. The first-order valence-corrected chi connectivity index (χ1v) is 10.8. The summed E-state index contributed by atoms with van der Waals surface area (Å²) in [5, 5.41) is 0.478. The molecule has 27 heavy (non-hydrogen) atoms. The molecule has 5 nitrogen and oxygen atoms in total. The third-order valence-corrected chi connectivity index (χ3v) is 7.05. The van der Waals surface area contributed by atoms with E-state index in [0.29, 0.717) is 16.3 Å². The summed E-state index contributed by atoms with van der Waals surface area (Å²) in [6, 6.07) is 12.3. The van der Waals surface area contributed by atoms with Crippen molar-refractivity contribution in [2.24, 2.45) is 0 Å². The summed E-state index contributed by atoms with van der Waals surface area (Å²) < 4.78 is 38.8. The number of hydrogen-bond donors (Lipinski definition) is 0. The number of fused-ring (bicyclic) bond motifs is 1. The molecule has 4 rings (SSSR count). The predicted molar refractivity (Wildman–Crippen MR) is 102 cm³/mol. The minimum Gasteiger partial charge on any atom is -0.306 e. The smallest absolute Gasteiger partial charge is 0.241 e. The first-order valence-electron chi connectivity index (χ1n) is 8.59. The number of sulfone groups is 1. The first-order chi connectivity index (χ1) is 12.8. The molecule has 2 aromatic rings. The molecular weight excluding hydrogens is 391 g/mol. The van der Waals surface area contributed by atoms with Gasteiger partial charge in [0.25, 0.3) is 0 Å². The van der Waals surface area contributed by atoms with Gasteiger partial charge in [0.05, 0.1) is 24.1 Å². The molecule has 0 bridgehead atoms. The highest BCUT2D eigenvalue weighted by Crippen LogP contribution is 2.33. The van der Waals surface area contributed by atoms with E-state index in [1.54, 1.807) is 52.3 Å². The molecule has 0 spiro atoms. The molecule has 0 aromatic heterocycles. The molecule has 0 aliphatic carbocycles. The average Bonchev–Trinajstić information content (AvgIpc) is 2.92. The number of halogens is 2. The number of hydrogen-bond acceptors (Lipinski definition) is 4. The number of carbonyl (C=O) groups excluding carboxylic acids is 1. The molecule has 142 valence electrons. The van der Waals surface area contributed by atoms with Crippen LogP contribution >= 0.6 is 11.6 Å². The minimum atomic E-state index is -3.30. The fourth-order valence-electron chi connectivity index (χ4n) is 3.94. The average molecular weight is 409 g/mol. The van der Waals surface area contributed by atoms with Crippen molar-refractivity contribution in [1.29, 1.82) is 0 Å². The maximum Gasteiger partial charge on any atom is 0.241 e. The number of anilines is 1. The zero-order valence-corrected chi connectivity index (χ0v) is 16.0. The number of rotatable bonds is 3. The lowest BCUT2D eigenvalue weighted by molar-refractivity contribution is -0.123. The van der Waals surface area contributed by atoms with E-state index in [0.717, 1.165) is 0 Å². The topological polar surface area (TPSA) is 57.7 Å². The van der Waals surface area contributed by atoms with Crippen LogP contribution in [-0.2, 0) is 21.2 Å². The van der Waals surface area contributed by atoms with Gasteiger partial charge in [-0.15, -0.1) is 0 Å². The highest BCUT2D eigenvalue weighted by molar-refractivity contribution is 7.91. The highest BCUT2D eigenvalue weighted by Gasteiger charge is 2.49. The number of piperazine rings is 1. The zero-order valence-electron chi connectivity index (χ0n) is 14.4. The van der Waals surface area contributed by atoms with Gasteiger partial charge in [-0.25, -0.2) is 12.8 Å². The Hall–Kier alpha value is -1.96. The van der Waals surface area contributed by atoms with Crippen LogP contribution in [-0.4, -0.2) is 49.4 Å². The number of carbonyl (C=O) groups is 1. The van der Waals surface area contributed by atoms with Crippen LogP contribution in [0.2, 0.25) is 5.02 Å². The zero-order chi connectivity index (χ0) is 19.2. The summed E-state index contributed by atoms with van der Waals surface area (Å²) >= 11 is 6.06. The van der Waals surface area contributed by atoms with Crippen molar-refractivity contribution in [2.75, 3.05) is 23.0 Å². The monoisotopic (exact) mass is 408 g/mol. The summed E-state index contributed by atoms with van der Waals surface area (Å²) in [5.41, 5.74) is 1.04. The molecule has 1 amide bonds. The van der Waals surface area contributed by atoms with E-state index in [1.165, 1.54) is 6.07 Å². The van der Waals surface area contributed by atoms with E-state index < -0.39 is 15.9 Å². The third kappa shape index (κ3) is 3.59. The molecule has 8 heteroatoms. The molecule has 2 heterocycles. The van der Waals surface area contributed by atoms with Gasteiger partial charge in [0.1, 0.15) is 5.82 Å². The summed E-state index contributed by atoms with van der Waals surface area (Å²) in [4.78, 5) is 16.2. The van der Waals surface area contributed by atoms with Crippen molar-refractivity contribution >= 4 is 33.0 Å². The van der Waals surface area contributed by atoms with Gasteiger partial charge in [0.15, 0.2) is 9.84 Å². The maximum atomic E-state index is 14.1. The van der Waals surface area contributed by atoms with Gasteiger partial charge in [0.2, 0.25) is 5.91 Å². The van der Waals surface area contributed by atoms with Crippen LogP contribution in [0.1, 0.15) is 5.56 Å². The van der Waals surface area contributed by atoms with Gasteiger partial charge in [-0.2, -0.15) is 0 Å². The summed E-state index contributed by atoms with van der Waals surface area (Å²) in [7, 11) is -3.30. The van der Waals surface area contributed by atoms with Crippen LogP contribution in [0.25, 0.3) is 0 Å². The van der Waals surface area contributed by atoms with E-state index in [1.807, 2.05) is 0 Å². The van der Waals surface area contributed by atoms with Crippen LogP contribution in [0.4, 0.5) is 10.1 Å². The number of amides is 1. The van der Waals surface area contributed by atoms with Crippen molar-refractivity contribution in [3.05, 3.63) is 64.9 Å². The van der Waals surface area contributed by atoms with Gasteiger partial charge in [-0.1, -0.05) is 35.9 Å². The molecule has 0 N–H and O–H groups in total. The van der Waals surface area contributed by atoms with E-state index >= 15 is 0 Å². The van der Waals surface area contributed by atoms with Crippen LogP contribution in [0.5, 0.6) is 0 Å². The molecule has 2 saturated heterocycles. The van der Waals surface area contributed by atoms with Crippen molar-refractivity contribution in [1.82, 2.24) is 4.90 Å². The van der Waals surface area contributed by atoms with Crippen LogP contribution in [0.15, 0.2) is 48.5 Å². The largest absolute Gasteiger partial charge is 0.306 e. The van der Waals surface area contributed by atoms with Crippen molar-refractivity contribution < 1.29 is 17.6 Å². The van der Waals surface area contributed by atoms with Crippen molar-refractivity contribution in [3.8, 4) is 0 Å². The third-order valence-electron chi connectivity index (χ3n) is 5.12. The van der Waals surface area contributed by atoms with Gasteiger partial charge < -0.3 is 4.90 Å². The molecule has 2 fully saturated rings. The lowest BCUT2D eigenvalue weighted by atomic mass is 10.0. The van der Waals surface area contributed by atoms with Crippen LogP contribution < -0.4 is 4.90 Å². The SMILES string of the molecule is O=C1CN(Cc2ccccc2F)[C@H]2CS(=O)(=O)C[C@H]2N1c1cccc(Cl)c1. The second-order valence-corrected chi connectivity index (χ2v) is 9.54. The lowest BCUT2D eigenvalue weighted by Gasteiger charge is -2.43. The summed E-state index contributed by atoms with van der Waals surface area (Å²) in [5.74, 6) is -0.730. The van der Waals surface area contributed by atoms with Crippen LogP contribution in [0, 0.1) is 5.82 Å². The van der Waals surface area contributed by atoms with Gasteiger partial charge in [-0.3, -0.25) is 9.69 Å². The molecule has 0 unspecified atom stereocenters. The van der Waals surface area contributed by atoms with Gasteiger partial charge in [-0.05, 0) is 24.3 Å². The van der Waals surface area contributed by atoms with E-state index in [2.05, 4.69) is 0 Å². The van der Waals surface area contributed by atoms with Crippen molar-refractivity contribution in [2.45, 2.75) is 18.6 Å². The first kappa shape index (κ1) is 18.4. The fourth-order valence-corrected chi connectivity index (χ4v) is 6.10. The van der Waals surface area contributed by atoms with Crippen molar-refractivity contribution in [3.63, 3.8) is 0 Å². The number of benzene rings is 2. The summed E-state index contributed by atoms with van der Waals surface area (Å²) in [6.45, 7) is 0.218. The Balaban J connectivity index is 1.69. The second-order valence-electron chi connectivity index (χ2n) is 6.95. The summed E-state index contributed by atoms with van der Waals surface area (Å²) in [6.07, 6.45) is 0. The molecule has 2 aromatic carbocycles. The Morgan fingerprint density at radius 1 is 1.07 bits per heavy atom. The maximum absolute atomic E-state index is 14.1. The lowest BCUT2D eigenvalue weighted by Crippen LogP contribution is -2.61. The Kier molecular flexibility index (Phi) is 4.70. The van der Waals surface area contributed by atoms with E-state index in [4.69, 9.17) is 11.6 Å². The normalized spacial score (nSPS) is 24.8. The molecule has 2 atom stereocenters. The fraction of sp³-hybridized carbons (Fsp3) is 0.316. The van der Waals surface area contributed by atoms with Gasteiger partial charge >= 0.3 is 0 Å². The van der Waals surface area contributed by atoms with E-state index in [9.17, 15) is 17.6 Å². The molecular formula is C19H18ClFN2O3S. The molecule has 2 aliphatic rings. The molecule has 2 aliphatic heterocycles. The number of nitrogens with zero attached hydrogens (tertiary/aromatic N) is 2. The molecule has 0 saturated carbocycles. The van der Waals surface area contributed by atoms with Crippen LogP contribution in [0.3, 0.4) is 0 Å².